The molecule has 0 aliphatic rings. The van der Waals surface area contributed by atoms with Gasteiger partial charge in [0.15, 0.2) is 0 Å². The van der Waals surface area contributed by atoms with Gasteiger partial charge in [0, 0.05) is 24.0 Å². The van der Waals surface area contributed by atoms with Crippen molar-refractivity contribution in [1.29, 1.82) is 0 Å². The lowest BCUT2D eigenvalue weighted by Crippen LogP contribution is -2.53. The smallest absolute Gasteiger partial charge is 0.244 e. The van der Waals surface area contributed by atoms with E-state index in [0.29, 0.717) is 24.6 Å². The molecule has 230 valence electrons. The van der Waals surface area contributed by atoms with Crippen LogP contribution in [0.5, 0.6) is 5.75 Å². The third-order valence-corrected chi connectivity index (χ3v) is 8.55. The van der Waals surface area contributed by atoms with Gasteiger partial charge >= 0.3 is 0 Å². The zero-order chi connectivity index (χ0) is 31.5. The second kappa shape index (κ2) is 15.5. The van der Waals surface area contributed by atoms with Crippen molar-refractivity contribution < 1.29 is 22.7 Å². The maximum Gasteiger partial charge on any atom is 0.244 e. The van der Waals surface area contributed by atoms with Gasteiger partial charge in [0.05, 0.1) is 11.9 Å². The van der Waals surface area contributed by atoms with Crippen LogP contribution in [0, 0.1) is 0 Å². The van der Waals surface area contributed by atoms with Gasteiger partial charge in [-0.3, -0.25) is 13.9 Å². The first-order valence-corrected chi connectivity index (χ1v) is 16.9. The summed E-state index contributed by atoms with van der Waals surface area (Å²) in [6.45, 7) is 2.19. The van der Waals surface area contributed by atoms with Gasteiger partial charge < -0.3 is 15.0 Å². The molecule has 0 bridgehead atoms. The Kier molecular flexibility index (Phi) is 11.6. The van der Waals surface area contributed by atoms with E-state index in [2.05, 4.69) is 21.2 Å². The first-order valence-electron chi connectivity index (χ1n) is 14.2. The standard InChI is InChI=1S/C34H36BrN3O5S/c1-3-36-34(40)32(22-26-11-6-4-7-12-26)37(23-28-15-10-16-29(35)21-28)33(39)24-38(44(2,41)42)30-17-19-31(20-18-30)43-25-27-13-8-5-9-14-27/h4-21,32H,3,22-25H2,1-2H3,(H,36,40)/t32-/m1/s1. The molecule has 0 aliphatic heterocycles. The van der Waals surface area contributed by atoms with E-state index in [1.54, 1.807) is 24.3 Å². The summed E-state index contributed by atoms with van der Waals surface area (Å²) in [5, 5.41) is 2.86. The van der Waals surface area contributed by atoms with Crippen LogP contribution in [0.15, 0.2) is 114 Å². The van der Waals surface area contributed by atoms with E-state index in [4.69, 9.17) is 4.74 Å². The van der Waals surface area contributed by atoms with Gasteiger partial charge in [-0.2, -0.15) is 0 Å². The van der Waals surface area contributed by atoms with Gasteiger partial charge in [0.2, 0.25) is 21.8 Å². The maximum atomic E-state index is 14.1. The van der Waals surface area contributed by atoms with Gasteiger partial charge in [-0.25, -0.2) is 8.42 Å². The lowest BCUT2D eigenvalue weighted by Gasteiger charge is -2.33. The number of rotatable bonds is 14. The third-order valence-electron chi connectivity index (χ3n) is 6.92. The molecule has 4 aromatic carbocycles. The fourth-order valence-corrected chi connectivity index (χ4v) is 6.04. The van der Waals surface area contributed by atoms with E-state index in [1.165, 1.54) is 4.90 Å². The number of benzene rings is 4. The molecular formula is C34H36BrN3O5S. The minimum atomic E-state index is -3.87. The summed E-state index contributed by atoms with van der Waals surface area (Å²) >= 11 is 3.48. The lowest BCUT2D eigenvalue weighted by molar-refractivity contribution is -0.140. The lowest BCUT2D eigenvalue weighted by atomic mass is 10.0. The summed E-state index contributed by atoms with van der Waals surface area (Å²) in [6.07, 6.45) is 1.32. The number of hydrogen-bond acceptors (Lipinski definition) is 5. The Bertz CT molecular complexity index is 1630. The molecule has 44 heavy (non-hydrogen) atoms. The quantitative estimate of drug-likeness (QED) is 0.188. The third kappa shape index (κ3) is 9.42. The first-order chi connectivity index (χ1) is 21.1. The Morgan fingerprint density at radius 2 is 1.45 bits per heavy atom. The molecule has 1 N–H and O–H groups in total. The number of ether oxygens (including phenoxy) is 1. The fourth-order valence-electron chi connectivity index (χ4n) is 4.74. The molecule has 0 saturated heterocycles. The Balaban J connectivity index is 1.63. The first kappa shape index (κ1) is 32.8. The van der Waals surface area contributed by atoms with Crippen molar-refractivity contribution in [2.45, 2.75) is 32.5 Å². The highest BCUT2D eigenvalue weighted by Crippen LogP contribution is 2.24. The van der Waals surface area contributed by atoms with Crippen molar-refractivity contribution >= 4 is 43.5 Å². The van der Waals surface area contributed by atoms with E-state index in [9.17, 15) is 18.0 Å². The summed E-state index contributed by atoms with van der Waals surface area (Å²) in [4.78, 5) is 29.0. The van der Waals surface area contributed by atoms with E-state index in [-0.39, 0.29) is 18.9 Å². The number of carbonyl (C=O) groups excluding carboxylic acids is 2. The summed E-state index contributed by atoms with van der Waals surface area (Å²) in [5.41, 5.74) is 2.98. The Labute approximate surface area is 267 Å². The topological polar surface area (TPSA) is 96.0 Å². The predicted octanol–water partition coefficient (Wildman–Crippen LogP) is 5.57. The SMILES string of the molecule is CCNC(=O)[C@@H](Cc1ccccc1)N(Cc1cccc(Br)c1)C(=O)CN(c1ccc(OCc2ccccc2)cc1)S(C)(=O)=O. The molecule has 0 heterocycles. The van der Waals surface area contributed by atoms with Crippen molar-refractivity contribution in [2.24, 2.45) is 0 Å². The number of nitrogens with zero attached hydrogens (tertiary/aromatic N) is 2. The van der Waals surface area contributed by atoms with Gasteiger partial charge in [0.25, 0.3) is 0 Å². The van der Waals surface area contributed by atoms with Crippen LogP contribution >= 0.6 is 15.9 Å². The minimum absolute atomic E-state index is 0.108. The van der Waals surface area contributed by atoms with Crippen molar-refractivity contribution in [1.82, 2.24) is 10.2 Å². The largest absolute Gasteiger partial charge is 0.489 e. The Hall–Kier alpha value is -4.15. The number of nitrogens with one attached hydrogen (secondary N) is 1. The monoisotopic (exact) mass is 677 g/mol. The van der Waals surface area contributed by atoms with Crippen LogP contribution in [0.25, 0.3) is 0 Å². The minimum Gasteiger partial charge on any atom is -0.489 e. The molecule has 10 heteroatoms. The van der Waals surface area contributed by atoms with Gasteiger partial charge in [-0.1, -0.05) is 88.7 Å². The number of carbonyl (C=O) groups is 2. The van der Waals surface area contributed by atoms with Crippen molar-refractivity contribution in [3.05, 3.63) is 130 Å². The molecule has 4 rings (SSSR count). The highest BCUT2D eigenvalue weighted by atomic mass is 79.9. The molecule has 0 unspecified atom stereocenters. The van der Waals surface area contributed by atoms with E-state index >= 15 is 0 Å². The van der Waals surface area contributed by atoms with Gasteiger partial charge in [-0.15, -0.1) is 0 Å². The van der Waals surface area contributed by atoms with Crippen LogP contribution in [-0.4, -0.2) is 50.5 Å². The second-order valence-corrected chi connectivity index (χ2v) is 13.1. The molecular weight excluding hydrogens is 642 g/mol. The second-order valence-electron chi connectivity index (χ2n) is 10.3. The normalized spacial score (nSPS) is 11.8. The molecule has 0 spiro atoms. The van der Waals surface area contributed by atoms with Crippen LogP contribution in [0.1, 0.15) is 23.6 Å². The van der Waals surface area contributed by atoms with Crippen molar-refractivity contribution in [3.8, 4) is 5.75 Å². The van der Waals surface area contributed by atoms with Crippen molar-refractivity contribution in [2.75, 3.05) is 23.7 Å². The average Bonchev–Trinajstić information content (AvgIpc) is 3.01. The fraction of sp³-hybridized carbons (Fsp3) is 0.235. The number of hydrogen-bond donors (Lipinski definition) is 1. The molecule has 0 aliphatic carbocycles. The zero-order valence-corrected chi connectivity index (χ0v) is 27.1. The molecule has 0 saturated carbocycles. The molecule has 1 atom stereocenters. The van der Waals surface area contributed by atoms with E-state index in [0.717, 1.165) is 31.7 Å². The van der Waals surface area contributed by atoms with Crippen LogP contribution in [-0.2, 0) is 39.2 Å². The Morgan fingerprint density at radius 3 is 2.05 bits per heavy atom. The van der Waals surface area contributed by atoms with E-state index < -0.39 is 28.5 Å². The highest BCUT2D eigenvalue weighted by molar-refractivity contribution is 9.10. The average molecular weight is 679 g/mol. The number of anilines is 1. The molecule has 8 nitrogen and oxygen atoms in total. The molecule has 0 fully saturated rings. The number of halogens is 1. The summed E-state index contributed by atoms with van der Waals surface area (Å²) in [7, 11) is -3.87. The van der Waals surface area contributed by atoms with Crippen LogP contribution < -0.4 is 14.4 Å². The summed E-state index contributed by atoms with van der Waals surface area (Å²) in [5.74, 6) is -0.259. The van der Waals surface area contributed by atoms with Crippen LogP contribution in [0.3, 0.4) is 0 Å². The van der Waals surface area contributed by atoms with Crippen LogP contribution in [0.4, 0.5) is 5.69 Å². The van der Waals surface area contributed by atoms with Crippen LogP contribution in [0.2, 0.25) is 0 Å². The van der Waals surface area contributed by atoms with Crippen molar-refractivity contribution in [3.63, 3.8) is 0 Å². The highest BCUT2D eigenvalue weighted by Gasteiger charge is 2.32. The molecule has 2 amide bonds. The van der Waals surface area contributed by atoms with E-state index in [1.807, 2.05) is 91.9 Å². The molecule has 0 aromatic heterocycles. The number of sulfonamides is 1. The number of amides is 2. The number of likely N-dealkylation sites (N-methyl/N-ethyl adjacent to an activating group) is 1. The molecule has 0 radical (unpaired) electrons. The maximum absolute atomic E-state index is 14.1. The summed E-state index contributed by atoms with van der Waals surface area (Å²) in [6, 6.07) is 32.3. The van der Waals surface area contributed by atoms with Gasteiger partial charge in [-0.05, 0) is 60.0 Å². The molecule has 4 aromatic rings. The Morgan fingerprint density at radius 1 is 0.841 bits per heavy atom. The summed E-state index contributed by atoms with van der Waals surface area (Å²) < 4.78 is 33.8. The zero-order valence-electron chi connectivity index (χ0n) is 24.7. The predicted molar refractivity (Wildman–Crippen MR) is 177 cm³/mol. The van der Waals surface area contributed by atoms with Gasteiger partial charge in [0.1, 0.15) is 24.9 Å².